The summed E-state index contributed by atoms with van der Waals surface area (Å²) in [6.07, 6.45) is 0. The molecule has 13 aromatic rings. The van der Waals surface area contributed by atoms with Crippen molar-refractivity contribution in [2.75, 3.05) is 15.1 Å². The molecule has 4 heterocycles. The lowest BCUT2D eigenvalue weighted by Crippen LogP contribution is -2.64. The third kappa shape index (κ3) is 6.36. The molecule has 0 saturated heterocycles. The number of benzene rings is 13. The summed E-state index contributed by atoms with van der Waals surface area (Å²) in [7, 11) is 0. The number of rotatable bonds is 2. The Hall–Kier alpha value is -9.25. The average Bonchev–Trinajstić information content (AvgIpc) is 3.15. The van der Waals surface area contributed by atoms with E-state index >= 15 is 0 Å². The highest BCUT2D eigenvalue weighted by atomic mass is 16.5. The minimum absolute atomic E-state index is 0.0544. The zero-order chi connectivity index (χ0) is 53.5. The monoisotopic (exact) mass is 1020 g/mol. The Morgan fingerprint density at radius 1 is 0.312 bits per heavy atom. The molecule has 0 unspecified atom stereocenters. The predicted molar refractivity (Wildman–Crippen MR) is 344 cm³/mol. The SMILES string of the molecule is CC(C)(C)c1cc2c3c(c1)N(c1ccc4c5ccccc5c5ccccc5c4c1)c1ccccc1B3c1cc3c(cc1N2)N(c1ccc2c4ccccc4c4ccccc4c2c1)c1cc(C(C)(C)C)cc2c1B3c1ccccc1O2. The van der Waals surface area contributed by atoms with Crippen LogP contribution in [0.4, 0.5) is 45.5 Å². The maximum absolute atomic E-state index is 7.13. The molecule has 0 aliphatic carbocycles. The molecule has 80 heavy (non-hydrogen) atoms. The number of para-hydroxylation sites is 2. The third-order valence-electron chi connectivity index (χ3n) is 18.3. The summed E-state index contributed by atoms with van der Waals surface area (Å²) >= 11 is 0. The Morgan fingerprint density at radius 3 is 1.30 bits per heavy atom. The molecule has 4 aliphatic heterocycles. The lowest BCUT2D eigenvalue weighted by Gasteiger charge is -2.44. The predicted octanol–water partition coefficient (Wildman–Crippen LogP) is 16.0. The van der Waals surface area contributed by atoms with Crippen molar-refractivity contribution in [1.82, 2.24) is 0 Å². The van der Waals surface area contributed by atoms with Crippen molar-refractivity contribution in [2.45, 2.75) is 52.4 Å². The summed E-state index contributed by atoms with van der Waals surface area (Å²) in [4.78, 5) is 5.13. The molecule has 0 aromatic heterocycles. The van der Waals surface area contributed by atoms with Crippen LogP contribution in [0.2, 0.25) is 0 Å². The Bertz CT molecular complexity index is 4840. The summed E-state index contributed by atoms with van der Waals surface area (Å²) in [6, 6.07) is 82.7. The van der Waals surface area contributed by atoms with Crippen LogP contribution in [0.15, 0.2) is 218 Å². The minimum atomic E-state index is -0.146. The van der Waals surface area contributed by atoms with E-state index in [2.05, 4.69) is 275 Å². The highest BCUT2D eigenvalue weighted by Gasteiger charge is 2.47. The number of fused-ring (bicyclic) bond motifs is 20. The van der Waals surface area contributed by atoms with Crippen LogP contribution >= 0.6 is 0 Å². The maximum atomic E-state index is 7.13. The fourth-order valence-corrected chi connectivity index (χ4v) is 14.5. The van der Waals surface area contributed by atoms with Crippen molar-refractivity contribution >= 4 is 156 Å². The number of anilines is 8. The molecule has 0 amide bonds. The van der Waals surface area contributed by atoms with Gasteiger partial charge in [-0.15, -0.1) is 0 Å². The standard InChI is InChI=1S/C74H55B2N3O/c1-73(2,3)43-35-64-71-67(36-43)78(45-31-33-55-51-23-9-7-19-47(51)49-21-11-13-25-53(49)57(55)39-45)65-29-17-15-27-59(65)75(71)61-41-62-66(42-63(61)77-64)79(46-32-34-56-52-24-10-8-20-48(52)50-22-12-14-26-54(50)58(56)40-46)68-37-44(74(4,5)6)38-70-72(68)76(62)60-28-16-18-30-69(60)80-70/h7-42,77H,1-6H3. The molecule has 0 saturated carbocycles. The average molecular weight is 1020 g/mol. The molecule has 0 radical (unpaired) electrons. The van der Waals surface area contributed by atoms with Crippen molar-refractivity contribution in [2.24, 2.45) is 0 Å². The van der Waals surface area contributed by atoms with Gasteiger partial charge in [0, 0.05) is 45.5 Å². The fourth-order valence-electron chi connectivity index (χ4n) is 14.5. The van der Waals surface area contributed by atoms with Crippen molar-refractivity contribution in [3.05, 3.63) is 230 Å². The molecular weight excluding hydrogens is 968 g/mol. The quantitative estimate of drug-likeness (QED) is 0.138. The molecule has 0 fully saturated rings. The smallest absolute Gasteiger partial charge is 0.256 e. The van der Waals surface area contributed by atoms with Gasteiger partial charge in [0.05, 0.1) is 0 Å². The Balaban J connectivity index is 0.931. The van der Waals surface area contributed by atoms with Crippen LogP contribution in [0.25, 0.3) is 64.6 Å². The Labute approximate surface area is 467 Å². The van der Waals surface area contributed by atoms with Gasteiger partial charge in [-0.2, -0.15) is 0 Å². The number of hydrogen-bond acceptors (Lipinski definition) is 4. The summed E-state index contributed by atoms with van der Waals surface area (Å²) in [5, 5.41) is 19.4. The van der Waals surface area contributed by atoms with Gasteiger partial charge < -0.3 is 19.9 Å². The van der Waals surface area contributed by atoms with Gasteiger partial charge in [-0.25, -0.2) is 0 Å². The van der Waals surface area contributed by atoms with Gasteiger partial charge >= 0.3 is 0 Å². The van der Waals surface area contributed by atoms with Gasteiger partial charge in [0.2, 0.25) is 0 Å². The molecule has 6 heteroatoms. The minimum Gasteiger partial charge on any atom is -0.458 e. The third-order valence-corrected chi connectivity index (χ3v) is 18.3. The topological polar surface area (TPSA) is 27.7 Å². The molecule has 17 rings (SSSR count). The summed E-state index contributed by atoms with van der Waals surface area (Å²) in [5.41, 5.74) is 19.1. The molecule has 4 nitrogen and oxygen atoms in total. The van der Waals surface area contributed by atoms with E-state index in [1.807, 2.05) is 0 Å². The van der Waals surface area contributed by atoms with E-state index in [1.54, 1.807) is 0 Å². The van der Waals surface area contributed by atoms with Gasteiger partial charge in [-0.1, -0.05) is 193 Å². The van der Waals surface area contributed by atoms with Crippen LogP contribution in [-0.4, -0.2) is 13.4 Å². The van der Waals surface area contributed by atoms with E-state index in [9.17, 15) is 0 Å². The molecule has 0 atom stereocenters. The maximum Gasteiger partial charge on any atom is 0.256 e. The van der Waals surface area contributed by atoms with E-state index in [0.717, 1.165) is 39.9 Å². The highest BCUT2D eigenvalue weighted by Crippen LogP contribution is 2.49. The van der Waals surface area contributed by atoms with E-state index in [4.69, 9.17) is 4.74 Å². The molecular formula is C74H55B2N3O. The largest absolute Gasteiger partial charge is 0.458 e. The molecule has 13 aromatic carbocycles. The van der Waals surface area contributed by atoms with Gasteiger partial charge in [0.25, 0.3) is 13.4 Å². The molecule has 4 aliphatic rings. The van der Waals surface area contributed by atoms with E-state index in [-0.39, 0.29) is 24.3 Å². The number of hydrogen-bond donors (Lipinski definition) is 1. The first-order chi connectivity index (χ1) is 38.9. The van der Waals surface area contributed by atoms with Gasteiger partial charge in [0.1, 0.15) is 11.5 Å². The summed E-state index contributed by atoms with van der Waals surface area (Å²) < 4.78 is 7.13. The van der Waals surface area contributed by atoms with Gasteiger partial charge in [-0.05, 0) is 186 Å². The second kappa shape index (κ2) is 16.2. The zero-order valence-corrected chi connectivity index (χ0v) is 45.7. The van der Waals surface area contributed by atoms with Crippen molar-refractivity contribution in [3.63, 3.8) is 0 Å². The fraction of sp³-hybridized carbons (Fsp3) is 0.108. The first-order valence-corrected chi connectivity index (χ1v) is 28.4. The Morgan fingerprint density at radius 2 is 0.750 bits per heavy atom. The molecule has 378 valence electrons. The highest BCUT2D eigenvalue weighted by molar-refractivity contribution is 7.02. The normalized spacial score (nSPS) is 14.0. The lowest BCUT2D eigenvalue weighted by atomic mass is 9.30. The molecule has 1 N–H and O–H groups in total. The zero-order valence-electron chi connectivity index (χ0n) is 45.7. The molecule has 0 bridgehead atoms. The van der Waals surface area contributed by atoms with Crippen LogP contribution in [-0.2, 0) is 10.8 Å². The van der Waals surface area contributed by atoms with Crippen LogP contribution in [0.5, 0.6) is 11.5 Å². The second-order valence-corrected chi connectivity index (χ2v) is 24.9. The van der Waals surface area contributed by atoms with Crippen molar-refractivity contribution in [1.29, 1.82) is 0 Å². The lowest BCUT2D eigenvalue weighted by molar-refractivity contribution is 0.483. The van der Waals surface area contributed by atoms with Gasteiger partial charge in [0.15, 0.2) is 0 Å². The van der Waals surface area contributed by atoms with Crippen molar-refractivity contribution in [3.8, 4) is 11.5 Å². The second-order valence-electron chi connectivity index (χ2n) is 24.9. The number of ether oxygens (including phenoxy) is 1. The van der Waals surface area contributed by atoms with Crippen LogP contribution in [0.3, 0.4) is 0 Å². The van der Waals surface area contributed by atoms with Crippen LogP contribution in [0, 0.1) is 0 Å². The first-order valence-electron chi connectivity index (χ1n) is 28.4. The van der Waals surface area contributed by atoms with Crippen molar-refractivity contribution < 1.29 is 4.74 Å². The van der Waals surface area contributed by atoms with Crippen LogP contribution in [0.1, 0.15) is 52.7 Å². The van der Waals surface area contributed by atoms with E-state index in [1.165, 1.54) is 126 Å². The number of nitrogens with one attached hydrogen (secondary N) is 1. The number of nitrogens with zero attached hydrogens (tertiary/aromatic N) is 2. The summed E-state index contributed by atoms with van der Waals surface area (Å²) in [5.74, 6) is 1.84. The van der Waals surface area contributed by atoms with E-state index in [0.29, 0.717) is 0 Å². The van der Waals surface area contributed by atoms with Gasteiger partial charge in [-0.3, -0.25) is 0 Å². The first kappa shape index (κ1) is 45.7. The van der Waals surface area contributed by atoms with Crippen LogP contribution < -0.4 is 52.6 Å². The Kier molecular flexibility index (Phi) is 9.25. The van der Waals surface area contributed by atoms with E-state index < -0.39 is 0 Å². The molecule has 0 spiro atoms. The summed E-state index contributed by atoms with van der Waals surface area (Å²) in [6.45, 7) is 13.8.